The molecule has 1 aromatic heterocycles. The number of aromatic nitrogens is 2. The fraction of sp³-hybridized carbons (Fsp3) is 0.700. The number of aryl methyl sites for hydroxylation is 1. The van der Waals surface area contributed by atoms with Gasteiger partial charge in [-0.15, -0.1) is 0 Å². The fourth-order valence-electron chi connectivity index (χ4n) is 1.54. The molecule has 0 bridgehead atoms. The van der Waals surface area contributed by atoms with Gasteiger partial charge in [-0.25, -0.2) is 0 Å². The maximum absolute atomic E-state index is 5.53. The van der Waals surface area contributed by atoms with Crippen LogP contribution in [0, 0.1) is 5.92 Å². The zero-order valence-corrected chi connectivity index (χ0v) is 9.20. The molecule has 3 N–H and O–H groups in total. The maximum atomic E-state index is 5.53. The smallest absolute Gasteiger partial charge is 0.0629 e. The Labute approximate surface area is 85.5 Å². The van der Waals surface area contributed by atoms with Gasteiger partial charge >= 0.3 is 0 Å². The third-order valence-electron chi connectivity index (χ3n) is 2.45. The van der Waals surface area contributed by atoms with Crippen LogP contribution in [0.4, 0.5) is 0 Å². The molecule has 0 fully saturated rings. The SMILES string of the molecule is CC(C)CCC(NN)c1ccnn1C. The van der Waals surface area contributed by atoms with Crippen molar-refractivity contribution in [3.05, 3.63) is 18.0 Å². The van der Waals surface area contributed by atoms with Crippen molar-refractivity contribution < 1.29 is 0 Å². The van der Waals surface area contributed by atoms with Crippen molar-refractivity contribution in [2.45, 2.75) is 32.7 Å². The largest absolute Gasteiger partial charge is 0.271 e. The summed E-state index contributed by atoms with van der Waals surface area (Å²) in [6.07, 6.45) is 4.02. The summed E-state index contributed by atoms with van der Waals surface area (Å²) >= 11 is 0. The summed E-state index contributed by atoms with van der Waals surface area (Å²) in [7, 11) is 1.94. The molecule has 1 unspecified atom stereocenters. The summed E-state index contributed by atoms with van der Waals surface area (Å²) in [4.78, 5) is 0. The van der Waals surface area contributed by atoms with Gasteiger partial charge in [-0.2, -0.15) is 5.10 Å². The second kappa shape index (κ2) is 5.12. The maximum Gasteiger partial charge on any atom is 0.0629 e. The topological polar surface area (TPSA) is 55.9 Å². The van der Waals surface area contributed by atoms with Crippen LogP contribution in [0.15, 0.2) is 12.3 Å². The van der Waals surface area contributed by atoms with Crippen molar-refractivity contribution in [3.63, 3.8) is 0 Å². The molecule has 0 aliphatic rings. The van der Waals surface area contributed by atoms with E-state index in [2.05, 4.69) is 24.4 Å². The van der Waals surface area contributed by atoms with E-state index in [1.165, 1.54) is 6.42 Å². The number of rotatable bonds is 5. The zero-order chi connectivity index (χ0) is 10.6. The van der Waals surface area contributed by atoms with E-state index in [1.54, 1.807) is 6.20 Å². The predicted octanol–water partition coefficient (Wildman–Crippen LogP) is 1.36. The molecule has 0 spiro atoms. The van der Waals surface area contributed by atoms with E-state index < -0.39 is 0 Å². The summed E-state index contributed by atoms with van der Waals surface area (Å²) in [6.45, 7) is 4.44. The number of nitrogens with zero attached hydrogens (tertiary/aromatic N) is 2. The lowest BCUT2D eigenvalue weighted by Gasteiger charge is -2.17. The Morgan fingerprint density at radius 1 is 1.50 bits per heavy atom. The molecule has 1 atom stereocenters. The second-order valence-electron chi connectivity index (χ2n) is 4.07. The van der Waals surface area contributed by atoms with Crippen LogP contribution in [0.25, 0.3) is 0 Å². The third-order valence-corrected chi connectivity index (χ3v) is 2.45. The van der Waals surface area contributed by atoms with E-state index in [-0.39, 0.29) is 6.04 Å². The molecule has 4 heteroatoms. The molecular weight excluding hydrogens is 176 g/mol. The van der Waals surface area contributed by atoms with Gasteiger partial charge in [-0.3, -0.25) is 16.0 Å². The van der Waals surface area contributed by atoms with Crippen LogP contribution in [0.1, 0.15) is 38.4 Å². The van der Waals surface area contributed by atoms with Gasteiger partial charge in [-0.05, 0) is 24.8 Å². The molecule has 14 heavy (non-hydrogen) atoms. The van der Waals surface area contributed by atoms with Gasteiger partial charge in [0.25, 0.3) is 0 Å². The van der Waals surface area contributed by atoms with Gasteiger partial charge in [-0.1, -0.05) is 13.8 Å². The van der Waals surface area contributed by atoms with Crippen molar-refractivity contribution in [2.75, 3.05) is 0 Å². The van der Waals surface area contributed by atoms with E-state index in [0.29, 0.717) is 5.92 Å². The zero-order valence-electron chi connectivity index (χ0n) is 9.20. The Morgan fingerprint density at radius 3 is 2.64 bits per heavy atom. The first-order valence-electron chi connectivity index (χ1n) is 5.09. The normalized spacial score (nSPS) is 13.5. The first-order chi connectivity index (χ1) is 6.65. The van der Waals surface area contributed by atoms with Gasteiger partial charge in [0.2, 0.25) is 0 Å². The van der Waals surface area contributed by atoms with Crippen molar-refractivity contribution in [1.82, 2.24) is 15.2 Å². The molecule has 0 radical (unpaired) electrons. The van der Waals surface area contributed by atoms with Crippen molar-refractivity contribution >= 4 is 0 Å². The number of hydrogen-bond donors (Lipinski definition) is 2. The molecule has 0 aliphatic heterocycles. The summed E-state index contributed by atoms with van der Waals surface area (Å²) in [5.74, 6) is 6.24. The highest BCUT2D eigenvalue weighted by atomic mass is 15.3. The molecule has 1 heterocycles. The predicted molar refractivity (Wildman–Crippen MR) is 57.3 cm³/mol. The van der Waals surface area contributed by atoms with E-state index in [4.69, 9.17) is 5.84 Å². The number of nitrogens with one attached hydrogen (secondary N) is 1. The van der Waals surface area contributed by atoms with Crippen LogP contribution in [-0.4, -0.2) is 9.78 Å². The van der Waals surface area contributed by atoms with Crippen LogP contribution >= 0.6 is 0 Å². The number of hydrogen-bond acceptors (Lipinski definition) is 3. The lowest BCUT2D eigenvalue weighted by Crippen LogP contribution is -2.29. The molecule has 0 aromatic carbocycles. The third kappa shape index (κ3) is 2.82. The van der Waals surface area contributed by atoms with Crippen molar-refractivity contribution in [2.24, 2.45) is 18.8 Å². The molecule has 80 valence electrons. The lowest BCUT2D eigenvalue weighted by molar-refractivity contribution is 0.428. The second-order valence-corrected chi connectivity index (χ2v) is 4.07. The van der Waals surface area contributed by atoms with Crippen LogP contribution in [-0.2, 0) is 7.05 Å². The number of hydrazine groups is 1. The highest BCUT2D eigenvalue weighted by Crippen LogP contribution is 2.19. The van der Waals surface area contributed by atoms with Gasteiger partial charge in [0.15, 0.2) is 0 Å². The average Bonchev–Trinajstić information content (AvgIpc) is 2.53. The highest BCUT2D eigenvalue weighted by Gasteiger charge is 2.13. The minimum Gasteiger partial charge on any atom is -0.271 e. The monoisotopic (exact) mass is 196 g/mol. The van der Waals surface area contributed by atoms with Gasteiger partial charge in [0.05, 0.1) is 11.7 Å². The first kappa shape index (κ1) is 11.2. The van der Waals surface area contributed by atoms with Gasteiger partial charge < -0.3 is 0 Å². The van der Waals surface area contributed by atoms with Gasteiger partial charge in [0, 0.05) is 13.2 Å². The molecule has 0 saturated carbocycles. The summed E-state index contributed by atoms with van der Waals surface area (Å²) < 4.78 is 1.87. The van der Waals surface area contributed by atoms with E-state index in [0.717, 1.165) is 12.1 Å². The molecule has 1 rings (SSSR count). The molecule has 0 amide bonds. The average molecular weight is 196 g/mol. The molecule has 1 aromatic rings. The number of nitrogens with two attached hydrogens (primary N) is 1. The van der Waals surface area contributed by atoms with Crippen LogP contribution in [0.5, 0.6) is 0 Å². The minimum atomic E-state index is 0.213. The van der Waals surface area contributed by atoms with Crippen LogP contribution in [0.2, 0.25) is 0 Å². The Kier molecular flexibility index (Phi) is 4.10. The summed E-state index contributed by atoms with van der Waals surface area (Å²) in [5.41, 5.74) is 3.99. The Balaban J connectivity index is 2.58. The molecule has 4 nitrogen and oxygen atoms in total. The van der Waals surface area contributed by atoms with Crippen molar-refractivity contribution in [3.8, 4) is 0 Å². The fourth-order valence-corrected chi connectivity index (χ4v) is 1.54. The Morgan fingerprint density at radius 2 is 2.21 bits per heavy atom. The van der Waals surface area contributed by atoms with E-state index in [1.807, 2.05) is 17.8 Å². The highest BCUT2D eigenvalue weighted by molar-refractivity contribution is 5.05. The van der Waals surface area contributed by atoms with E-state index in [9.17, 15) is 0 Å². The molecule has 0 saturated heterocycles. The molecular formula is C10H20N4. The van der Waals surface area contributed by atoms with Crippen molar-refractivity contribution in [1.29, 1.82) is 0 Å². The summed E-state index contributed by atoms with van der Waals surface area (Å²) in [6, 6.07) is 2.22. The quantitative estimate of drug-likeness (QED) is 0.552. The first-order valence-corrected chi connectivity index (χ1v) is 5.09. The van der Waals surface area contributed by atoms with E-state index >= 15 is 0 Å². The standard InChI is InChI=1S/C10H20N4/c1-8(2)4-5-9(13-11)10-6-7-12-14(10)3/h6-9,13H,4-5,11H2,1-3H3. The van der Waals surface area contributed by atoms with Gasteiger partial charge in [0.1, 0.15) is 0 Å². The van der Waals surface area contributed by atoms with Crippen LogP contribution in [0.3, 0.4) is 0 Å². The molecule has 0 aliphatic carbocycles. The Hall–Kier alpha value is -0.870. The van der Waals surface area contributed by atoms with Crippen LogP contribution < -0.4 is 11.3 Å². The summed E-state index contributed by atoms with van der Waals surface area (Å²) in [5, 5.41) is 4.13. The minimum absolute atomic E-state index is 0.213. The Bertz CT molecular complexity index is 267. The lowest BCUT2D eigenvalue weighted by atomic mass is 10.0.